The molecule has 4 heteroatoms. The lowest BCUT2D eigenvalue weighted by Crippen LogP contribution is -2.24. The van der Waals surface area contributed by atoms with Gasteiger partial charge in [-0.1, -0.05) is 128 Å². The van der Waals surface area contributed by atoms with Gasteiger partial charge in [-0.3, -0.25) is 0 Å². The molecular weight excluding hydrogens is 631 g/mol. The standard InChI is InChI=1S/C46H71O3P/c1-19-42(9,10)35-27-37(44(13,14)21-3)32(24-29(35)6)33-26-39(49-50(47)48)40(31(8)41(33)46(17,18)23-5)34-25-30(7)36(43(11,12)20-2)28-38(34)45(15,16)22-4/h24-28,47-48H,19-23H2,1-18H3. The Labute approximate surface area is 308 Å². The molecule has 3 aromatic rings. The van der Waals surface area contributed by atoms with Crippen molar-refractivity contribution in [3.63, 3.8) is 0 Å². The summed E-state index contributed by atoms with van der Waals surface area (Å²) in [7, 11) is -2.66. The minimum Gasteiger partial charge on any atom is -0.426 e. The number of hydrogen-bond donors (Lipinski definition) is 2. The molecule has 0 amide bonds. The predicted octanol–water partition coefficient (Wildman–Crippen LogP) is 14.0. The quantitative estimate of drug-likeness (QED) is 0.164. The summed E-state index contributed by atoms with van der Waals surface area (Å²) in [5, 5.41) is 0. The van der Waals surface area contributed by atoms with Crippen LogP contribution in [-0.2, 0) is 27.1 Å². The summed E-state index contributed by atoms with van der Waals surface area (Å²) in [5.41, 5.74) is 14.5. The molecule has 0 heterocycles. The van der Waals surface area contributed by atoms with Crippen molar-refractivity contribution >= 4 is 8.60 Å². The fraction of sp³-hybridized carbons (Fsp3) is 0.609. The van der Waals surface area contributed by atoms with E-state index in [2.05, 4.69) is 155 Å². The SMILES string of the molecule is CCC(C)(C)c1cc(C(C)(C)CC)c(-c2cc(OP(O)O)c(-c3cc(C)c(C(C)(C)CC)cc3C(C)(C)CC)c(C)c2C(C)(C)CC)cc1C. The van der Waals surface area contributed by atoms with Crippen molar-refractivity contribution < 1.29 is 14.3 Å². The minimum atomic E-state index is -2.66. The van der Waals surface area contributed by atoms with Gasteiger partial charge in [0.1, 0.15) is 5.75 Å². The van der Waals surface area contributed by atoms with Crippen LogP contribution in [0.25, 0.3) is 22.3 Å². The molecule has 3 rings (SSSR count). The van der Waals surface area contributed by atoms with Crippen molar-refractivity contribution in [2.45, 2.75) is 184 Å². The van der Waals surface area contributed by atoms with Gasteiger partial charge in [-0.05, 0) is 147 Å². The molecule has 0 radical (unpaired) electrons. The number of aryl methyl sites for hydroxylation is 2. The lowest BCUT2D eigenvalue weighted by molar-refractivity contribution is 0.375. The van der Waals surface area contributed by atoms with E-state index in [0.717, 1.165) is 54.4 Å². The maximum absolute atomic E-state index is 10.5. The molecule has 2 N–H and O–H groups in total. The summed E-state index contributed by atoms with van der Waals surface area (Å²) in [6, 6.07) is 11.8. The van der Waals surface area contributed by atoms with E-state index in [4.69, 9.17) is 4.52 Å². The van der Waals surface area contributed by atoms with Crippen molar-refractivity contribution in [1.29, 1.82) is 0 Å². The molecule has 3 aromatic carbocycles. The van der Waals surface area contributed by atoms with Crippen LogP contribution >= 0.6 is 8.60 Å². The molecule has 0 unspecified atom stereocenters. The van der Waals surface area contributed by atoms with Gasteiger partial charge in [-0.15, -0.1) is 0 Å². The lowest BCUT2D eigenvalue weighted by Gasteiger charge is -2.37. The van der Waals surface area contributed by atoms with Gasteiger partial charge in [0.05, 0.1) is 0 Å². The van der Waals surface area contributed by atoms with E-state index >= 15 is 0 Å². The highest BCUT2D eigenvalue weighted by atomic mass is 31.2. The Balaban J connectivity index is 2.72. The van der Waals surface area contributed by atoms with E-state index in [-0.39, 0.29) is 27.1 Å². The summed E-state index contributed by atoms with van der Waals surface area (Å²) in [6.45, 7) is 41.5. The van der Waals surface area contributed by atoms with Crippen LogP contribution in [0.5, 0.6) is 5.75 Å². The highest BCUT2D eigenvalue weighted by Gasteiger charge is 2.36. The van der Waals surface area contributed by atoms with E-state index in [1.807, 2.05) is 0 Å². The first-order chi connectivity index (χ1) is 22.9. The van der Waals surface area contributed by atoms with Crippen LogP contribution in [0, 0.1) is 20.8 Å². The predicted molar refractivity (Wildman–Crippen MR) is 220 cm³/mol. The molecule has 0 saturated carbocycles. The Morgan fingerprint density at radius 1 is 0.480 bits per heavy atom. The van der Waals surface area contributed by atoms with Gasteiger partial charge in [0.15, 0.2) is 0 Å². The summed E-state index contributed by atoms with van der Waals surface area (Å²) in [4.78, 5) is 21.1. The average molecular weight is 703 g/mol. The zero-order valence-electron chi connectivity index (χ0n) is 35.2. The van der Waals surface area contributed by atoms with E-state index < -0.39 is 8.60 Å². The Kier molecular flexibility index (Phi) is 12.7. The number of hydrogen-bond acceptors (Lipinski definition) is 3. The largest absolute Gasteiger partial charge is 0.426 e. The van der Waals surface area contributed by atoms with Crippen LogP contribution in [0.15, 0.2) is 30.3 Å². The third-order valence-corrected chi connectivity index (χ3v) is 13.4. The molecular formula is C46H71O3P. The first kappa shape index (κ1) is 42.2. The normalized spacial score (nSPS) is 13.4. The molecule has 0 fully saturated rings. The highest BCUT2D eigenvalue weighted by molar-refractivity contribution is 7.39. The van der Waals surface area contributed by atoms with Crippen LogP contribution in [0.1, 0.15) is 180 Å². The second-order valence-corrected chi connectivity index (χ2v) is 18.9. The van der Waals surface area contributed by atoms with Crippen LogP contribution in [0.2, 0.25) is 0 Å². The van der Waals surface area contributed by atoms with Gasteiger partial charge >= 0.3 is 8.60 Å². The Morgan fingerprint density at radius 2 is 0.840 bits per heavy atom. The molecule has 0 atom stereocenters. The first-order valence-electron chi connectivity index (χ1n) is 19.2. The third kappa shape index (κ3) is 8.06. The molecule has 3 nitrogen and oxygen atoms in total. The summed E-state index contributed by atoms with van der Waals surface area (Å²) >= 11 is 0. The Bertz CT molecular complexity index is 1690. The second kappa shape index (κ2) is 15.0. The van der Waals surface area contributed by atoms with Gasteiger partial charge in [0.2, 0.25) is 0 Å². The fourth-order valence-corrected chi connectivity index (χ4v) is 8.05. The fourth-order valence-electron chi connectivity index (χ4n) is 7.73. The van der Waals surface area contributed by atoms with Crippen LogP contribution < -0.4 is 4.52 Å². The second-order valence-electron chi connectivity index (χ2n) is 18.3. The van der Waals surface area contributed by atoms with E-state index in [9.17, 15) is 9.79 Å². The van der Waals surface area contributed by atoms with Crippen molar-refractivity contribution in [2.24, 2.45) is 0 Å². The van der Waals surface area contributed by atoms with Crippen molar-refractivity contribution in [2.75, 3.05) is 0 Å². The maximum Gasteiger partial charge on any atom is 0.391 e. The smallest absolute Gasteiger partial charge is 0.391 e. The lowest BCUT2D eigenvalue weighted by atomic mass is 9.68. The number of benzene rings is 3. The summed E-state index contributed by atoms with van der Waals surface area (Å²) in [5.74, 6) is 0.537. The minimum absolute atomic E-state index is 0.0259. The molecule has 278 valence electrons. The van der Waals surface area contributed by atoms with Gasteiger partial charge in [-0.2, -0.15) is 0 Å². The molecule has 0 spiro atoms. The Morgan fingerprint density at radius 3 is 1.22 bits per heavy atom. The molecule has 50 heavy (non-hydrogen) atoms. The van der Waals surface area contributed by atoms with Crippen molar-refractivity contribution in [3.05, 3.63) is 74.8 Å². The van der Waals surface area contributed by atoms with Gasteiger partial charge in [0.25, 0.3) is 0 Å². The zero-order chi connectivity index (χ0) is 38.4. The molecule has 0 saturated heterocycles. The molecule has 0 bridgehead atoms. The molecule has 0 aliphatic carbocycles. The third-order valence-electron chi connectivity index (χ3n) is 13.0. The van der Waals surface area contributed by atoms with E-state index in [0.29, 0.717) is 5.75 Å². The number of rotatable bonds is 14. The summed E-state index contributed by atoms with van der Waals surface area (Å²) < 4.78 is 6.16. The van der Waals surface area contributed by atoms with Gasteiger partial charge in [0, 0.05) is 5.56 Å². The Hall–Kier alpha value is -2.19. The summed E-state index contributed by atoms with van der Waals surface area (Å²) in [6.07, 6.45) is 5.02. The molecule has 0 aliphatic rings. The molecule has 0 aromatic heterocycles. The zero-order valence-corrected chi connectivity index (χ0v) is 36.1. The maximum atomic E-state index is 10.5. The van der Waals surface area contributed by atoms with Crippen molar-refractivity contribution in [1.82, 2.24) is 0 Å². The van der Waals surface area contributed by atoms with Gasteiger partial charge < -0.3 is 14.3 Å². The van der Waals surface area contributed by atoms with E-state index in [1.165, 1.54) is 44.5 Å². The van der Waals surface area contributed by atoms with Crippen LogP contribution in [0.4, 0.5) is 0 Å². The van der Waals surface area contributed by atoms with Crippen LogP contribution in [0.3, 0.4) is 0 Å². The average Bonchev–Trinajstić information content (AvgIpc) is 3.03. The first-order valence-corrected chi connectivity index (χ1v) is 20.4. The topological polar surface area (TPSA) is 49.7 Å². The van der Waals surface area contributed by atoms with Gasteiger partial charge in [-0.25, -0.2) is 0 Å². The van der Waals surface area contributed by atoms with Crippen LogP contribution in [-0.4, -0.2) is 9.79 Å². The monoisotopic (exact) mass is 703 g/mol. The molecule has 0 aliphatic heterocycles. The van der Waals surface area contributed by atoms with Crippen molar-refractivity contribution in [3.8, 4) is 28.0 Å². The highest BCUT2D eigenvalue weighted by Crippen LogP contribution is 2.53. The van der Waals surface area contributed by atoms with E-state index in [1.54, 1.807) is 0 Å².